The van der Waals surface area contributed by atoms with Crippen molar-refractivity contribution in [2.24, 2.45) is 0 Å². The van der Waals surface area contributed by atoms with Crippen LogP contribution in [0.3, 0.4) is 0 Å². The van der Waals surface area contributed by atoms with Crippen molar-refractivity contribution in [1.82, 2.24) is 0 Å². The topological polar surface area (TPSA) is 12.5 Å². The Morgan fingerprint density at radius 2 is 2.15 bits per heavy atom. The molecule has 0 aromatic rings. The Labute approximate surface area is 82.2 Å². The van der Waals surface area contributed by atoms with E-state index in [1.165, 1.54) is 19.3 Å². The van der Waals surface area contributed by atoms with Crippen molar-refractivity contribution < 1.29 is 4.74 Å². The Morgan fingerprint density at radius 3 is 2.54 bits per heavy atom. The molecule has 2 atom stereocenters. The van der Waals surface area contributed by atoms with Gasteiger partial charge in [-0.05, 0) is 39.5 Å². The number of hydrogen-bond acceptors (Lipinski definition) is 1. The largest absolute Gasteiger partial charge is 0.366 e. The van der Waals surface area contributed by atoms with Crippen LogP contribution in [0.4, 0.5) is 0 Å². The smallest absolute Gasteiger partial charge is 0.0918 e. The molecule has 0 aliphatic carbocycles. The zero-order chi connectivity index (χ0) is 9.90. The van der Waals surface area contributed by atoms with Crippen molar-refractivity contribution in [2.75, 3.05) is 0 Å². The SMILES string of the molecule is CC=C(CC)CCC1OC1(C)CC. The fourth-order valence-corrected chi connectivity index (χ4v) is 1.81. The first kappa shape index (κ1) is 10.8. The number of epoxide rings is 1. The maximum absolute atomic E-state index is 5.67. The molecule has 1 aliphatic rings. The predicted octanol–water partition coefficient (Wildman–Crippen LogP) is 3.69. The summed E-state index contributed by atoms with van der Waals surface area (Å²) in [7, 11) is 0. The van der Waals surface area contributed by atoms with Crippen LogP contribution in [0, 0.1) is 0 Å². The fraction of sp³-hybridized carbons (Fsp3) is 0.833. The minimum Gasteiger partial charge on any atom is -0.366 e. The molecule has 1 nitrogen and oxygen atoms in total. The van der Waals surface area contributed by atoms with E-state index in [9.17, 15) is 0 Å². The predicted molar refractivity (Wildman–Crippen MR) is 56.9 cm³/mol. The lowest BCUT2D eigenvalue weighted by Gasteiger charge is -2.03. The van der Waals surface area contributed by atoms with E-state index in [0.29, 0.717) is 6.10 Å². The van der Waals surface area contributed by atoms with Gasteiger partial charge in [0.15, 0.2) is 0 Å². The summed E-state index contributed by atoms with van der Waals surface area (Å²) in [6, 6.07) is 0. The summed E-state index contributed by atoms with van der Waals surface area (Å²) in [4.78, 5) is 0. The van der Waals surface area contributed by atoms with Crippen molar-refractivity contribution in [2.45, 2.75) is 65.1 Å². The highest BCUT2D eigenvalue weighted by atomic mass is 16.6. The third kappa shape index (κ3) is 2.57. The molecule has 1 fully saturated rings. The molecule has 0 bridgehead atoms. The van der Waals surface area contributed by atoms with Gasteiger partial charge in [-0.25, -0.2) is 0 Å². The summed E-state index contributed by atoms with van der Waals surface area (Å²) in [6.07, 6.45) is 7.52. The monoisotopic (exact) mass is 182 g/mol. The van der Waals surface area contributed by atoms with Gasteiger partial charge >= 0.3 is 0 Å². The van der Waals surface area contributed by atoms with Crippen LogP contribution in [0.5, 0.6) is 0 Å². The van der Waals surface area contributed by atoms with Crippen LogP contribution >= 0.6 is 0 Å². The van der Waals surface area contributed by atoms with E-state index in [-0.39, 0.29) is 5.60 Å². The third-order valence-corrected chi connectivity index (χ3v) is 3.33. The average molecular weight is 182 g/mol. The summed E-state index contributed by atoms with van der Waals surface area (Å²) in [5, 5.41) is 0. The Balaban J connectivity index is 2.22. The molecule has 1 saturated heterocycles. The zero-order valence-corrected chi connectivity index (χ0v) is 9.39. The van der Waals surface area contributed by atoms with E-state index >= 15 is 0 Å². The average Bonchev–Trinajstić information content (AvgIpc) is 2.80. The molecule has 1 heterocycles. The van der Waals surface area contributed by atoms with Crippen molar-refractivity contribution in [3.63, 3.8) is 0 Å². The molecule has 0 spiro atoms. The van der Waals surface area contributed by atoms with Crippen molar-refractivity contribution in [3.8, 4) is 0 Å². The molecule has 0 saturated carbocycles. The highest BCUT2D eigenvalue weighted by molar-refractivity contribution is 5.04. The number of ether oxygens (including phenoxy) is 1. The van der Waals surface area contributed by atoms with Gasteiger partial charge in [-0.15, -0.1) is 0 Å². The Kier molecular flexibility index (Phi) is 3.55. The Bertz CT molecular complexity index is 195. The first-order valence-corrected chi connectivity index (χ1v) is 5.48. The number of rotatable bonds is 5. The third-order valence-electron chi connectivity index (χ3n) is 3.33. The van der Waals surface area contributed by atoms with E-state index in [2.05, 4.69) is 33.8 Å². The van der Waals surface area contributed by atoms with Gasteiger partial charge in [0, 0.05) is 0 Å². The second-order valence-corrected chi connectivity index (χ2v) is 4.11. The van der Waals surface area contributed by atoms with Crippen LogP contribution in [0.15, 0.2) is 11.6 Å². The van der Waals surface area contributed by atoms with E-state index in [1.54, 1.807) is 5.57 Å². The standard InChI is InChI=1S/C12H22O/c1-5-10(6-2)8-9-11-12(4,7-3)13-11/h5,11H,6-9H2,1-4H3. The first-order chi connectivity index (χ1) is 6.16. The second kappa shape index (κ2) is 4.28. The summed E-state index contributed by atoms with van der Waals surface area (Å²) >= 11 is 0. The molecule has 2 unspecified atom stereocenters. The van der Waals surface area contributed by atoms with Crippen LogP contribution < -0.4 is 0 Å². The molecule has 1 aliphatic heterocycles. The quantitative estimate of drug-likeness (QED) is 0.466. The molecule has 0 aromatic carbocycles. The van der Waals surface area contributed by atoms with Gasteiger partial charge in [0.2, 0.25) is 0 Å². The van der Waals surface area contributed by atoms with Gasteiger partial charge in [-0.1, -0.05) is 25.5 Å². The molecule has 0 aromatic heterocycles. The molecule has 0 radical (unpaired) electrons. The minimum atomic E-state index is 0.215. The van der Waals surface area contributed by atoms with Crippen molar-refractivity contribution >= 4 is 0 Å². The fourth-order valence-electron chi connectivity index (χ4n) is 1.81. The number of hydrogen-bond donors (Lipinski definition) is 0. The number of allylic oxidation sites excluding steroid dienone is 2. The van der Waals surface area contributed by atoms with E-state index in [0.717, 1.165) is 6.42 Å². The Morgan fingerprint density at radius 1 is 1.46 bits per heavy atom. The van der Waals surface area contributed by atoms with E-state index < -0.39 is 0 Å². The maximum atomic E-state index is 5.67. The van der Waals surface area contributed by atoms with Crippen LogP contribution in [-0.4, -0.2) is 11.7 Å². The lowest BCUT2D eigenvalue weighted by Crippen LogP contribution is -2.07. The summed E-state index contributed by atoms with van der Waals surface area (Å²) in [5.41, 5.74) is 1.78. The molecular formula is C12H22O. The molecule has 0 amide bonds. The van der Waals surface area contributed by atoms with Crippen molar-refractivity contribution in [1.29, 1.82) is 0 Å². The lowest BCUT2D eigenvalue weighted by atomic mass is 9.98. The highest BCUT2D eigenvalue weighted by Gasteiger charge is 2.49. The van der Waals surface area contributed by atoms with Crippen LogP contribution in [-0.2, 0) is 4.74 Å². The van der Waals surface area contributed by atoms with Crippen LogP contribution in [0.1, 0.15) is 53.4 Å². The molecule has 76 valence electrons. The summed E-state index contributed by atoms with van der Waals surface area (Å²) in [6.45, 7) is 8.78. The zero-order valence-electron chi connectivity index (χ0n) is 9.39. The highest BCUT2D eigenvalue weighted by Crippen LogP contribution is 2.42. The Hall–Kier alpha value is -0.300. The molecule has 1 heteroatoms. The van der Waals surface area contributed by atoms with Gasteiger partial charge in [-0.3, -0.25) is 0 Å². The minimum absolute atomic E-state index is 0.215. The summed E-state index contributed by atoms with van der Waals surface area (Å²) in [5.74, 6) is 0. The first-order valence-electron chi connectivity index (χ1n) is 5.48. The second-order valence-electron chi connectivity index (χ2n) is 4.11. The summed E-state index contributed by atoms with van der Waals surface area (Å²) < 4.78 is 5.67. The lowest BCUT2D eigenvalue weighted by molar-refractivity contribution is 0.300. The normalized spacial score (nSPS) is 33.5. The van der Waals surface area contributed by atoms with Gasteiger partial charge in [0.1, 0.15) is 0 Å². The molecule has 0 N–H and O–H groups in total. The van der Waals surface area contributed by atoms with Gasteiger partial charge in [0.05, 0.1) is 11.7 Å². The molecule has 13 heavy (non-hydrogen) atoms. The van der Waals surface area contributed by atoms with Crippen LogP contribution in [0.2, 0.25) is 0 Å². The van der Waals surface area contributed by atoms with E-state index in [4.69, 9.17) is 4.74 Å². The molecular weight excluding hydrogens is 160 g/mol. The van der Waals surface area contributed by atoms with Crippen molar-refractivity contribution in [3.05, 3.63) is 11.6 Å². The van der Waals surface area contributed by atoms with Gasteiger partial charge in [-0.2, -0.15) is 0 Å². The van der Waals surface area contributed by atoms with Gasteiger partial charge < -0.3 is 4.74 Å². The van der Waals surface area contributed by atoms with E-state index in [1.807, 2.05) is 0 Å². The van der Waals surface area contributed by atoms with Crippen LogP contribution in [0.25, 0.3) is 0 Å². The maximum Gasteiger partial charge on any atom is 0.0918 e. The van der Waals surface area contributed by atoms with Gasteiger partial charge in [0.25, 0.3) is 0 Å². The molecule has 1 rings (SSSR count).